The average Bonchev–Trinajstić information content (AvgIpc) is 2.22. The Hall–Kier alpha value is -2.15. The van der Waals surface area contributed by atoms with E-state index in [-0.39, 0.29) is 18.4 Å². The molecule has 0 bridgehead atoms. The van der Waals surface area contributed by atoms with Crippen molar-refractivity contribution in [1.82, 2.24) is 0 Å². The van der Waals surface area contributed by atoms with E-state index in [2.05, 4.69) is 0 Å². The van der Waals surface area contributed by atoms with Gasteiger partial charge in [0.05, 0.1) is 18.9 Å². The van der Waals surface area contributed by atoms with Gasteiger partial charge in [0.1, 0.15) is 5.82 Å². The molecular formula is C12H10FNO2. The van der Waals surface area contributed by atoms with E-state index in [9.17, 15) is 9.18 Å². The minimum absolute atomic E-state index is 0.157. The van der Waals surface area contributed by atoms with Gasteiger partial charge in [0, 0.05) is 0 Å². The highest BCUT2D eigenvalue weighted by atomic mass is 19.1. The molecule has 4 heteroatoms. The van der Waals surface area contributed by atoms with E-state index in [1.807, 2.05) is 6.07 Å². The van der Waals surface area contributed by atoms with Crippen molar-refractivity contribution in [2.75, 3.05) is 0 Å². The van der Waals surface area contributed by atoms with Gasteiger partial charge in [-0.25, -0.2) is 4.39 Å². The maximum Gasteiger partial charge on any atom is 0.307 e. The van der Waals surface area contributed by atoms with E-state index in [4.69, 9.17) is 10.4 Å². The Kier molecular flexibility index (Phi) is 4.22. The molecule has 1 aromatic rings. The molecule has 0 aliphatic heterocycles. The first-order valence-electron chi connectivity index (χ1n) is 4.67. The van der Waals surface area contributed by atoms with Crippen LogP contribution in [0.15, 0.2) is 24.3 Å². The summed E-state index contributed by atoms with van der Waals surface area (Å²) >= 11 is 0. The summed E-state index contributed by atoms with van der Waals surface area (Å²) < 4.78 is 13.4. The molecule has 0 heterocycles. The summed E-state index contributed by atoms with van der Waals surface area (Å²) in [5, 5.41) is 16.8. The second kappa shape index (κ2) is 5.66. The van der Waals surface area contributed by atoms with E-state index < -0.39 is 11.8 Å². The number of hydrogen-bond acceptors (Lipinski definition) is 2. The molecule has 0 saturated carbocycles. The molecule has 16 heavy (non-hydrogen) atoms. The minimum atomic E-state index is -1.06. The molecule has 0 saturated heterocycles. The van der Waals surface area contributed by atoms with Gasteiger partial charge in [-0.1, -0.05) is 24.3 Å². The third-order valence-electron chi connectivity index (χ3n) is 1.94. The number of nitrogens with zero attached hydrogens (tertiary/aromatic N) is 1. The van der Waals surface area contributed by atoms with Crippen LogP contribution in [0, 0.1) is 17.1 Å². The third kappa shape index (κ3) is 3.54. The molecule has 0 spiro atoms. The zero-order chi connectivity index (χ0) is 12.0. The van der Waals surface area contributed by atoms with Crippen LogP contribution in [0.1, 0.15) is 17.5 Å². The van der Waals surface area contributed by atoms with Crippen LogP contribution in [0.2, 0.25) is 0 Å². The summed E-state index contributed by atoms with van der Waals surface area (Å²) in [6.07, 6.45) is 3.18. The Morgan fingerprint density at radius 2 is 2.31 bits per heavy atom. The number of benzene rings is 1. The van der Waals surface area contributed by atoms with Crippen LogP contribution in [0.3, 0.4) is 0 Å². The predicted molar refractivity (Wildman–Crippen MR) is 57.0 cm³/mol. The molecule has 0 aromatic heterocycles. The number of rotatable bonds is 4. The first-order chi connectivity index (χ1) is 7.63. The van der Waals surface area contributed by atoms with Crippen molar-refractivity contribution < 1.29 is 14.3 Å². The molecular weight excluding hydrogens is 209 g/mol. The lowest BCUT2D eigenvalue weighted by atomic mass is 10.1. The minimum Gasteiger partial charge on any atom is -0.481 e. The van der Waals surface area contributed by atoms with Crippen LogP contribution in [-0.2, 0) is 11.2 Å². The molecule has 1 rings (SSSR count). The lowest BCUT2D eigenvalue weighted by Crippen LogP contribution is -2.02. The van der Waals surface area contributed by atoms with Crippen molar-refractivity contribution in [2.45, 2.75) is 12.8 Å². The lowest BCUT2D eigenvalue weighted by Gasteiger charge is -2.00. The second-order valence-electron chi connectivity index (χ2n) is 3.19. The van der Waals surface area contributed by atoms with Crippen LogP contribution in [0.4, 0.5) is 4.39 Å². The van der Waals surface area contributed by atoms with Crippen LogP contribution in [0.5, 0.6) is 0 Å². The Bertz CT molecular complexity index is 461. The Balaban J connectivity index is 2.83. The highest BCUT2D eigenvalue weighted by Gasteiger charge is 2.06. The molecule has 0 atom stereocenters. The van der Waals surface area contributed by atoms with Gasteiger partial charge in [-0.15, -0.1) is 0 Å². The monoisotopic (exact) mass is 219 g/mol. The number of carboxylic acids is 1. The van der Waals surface area contributed by atoms with Gasteiger partial charge in [0.25, 0.3) is 0 Å². The summed E-state index contributed by atoms with van der Waals surface area (Å²) in [7, 11) is 0. The number of aliphatic carboxylic acids is 1. The predicted octanol–water partition coefficient (Wildman–Crippen LogP) is 2.38. The van der Waals surface area contributed by atoms with Crippen LogP contribution in [-0.4, -0.2) is 11.1 Å². The van der Waals surface area contributed by atoms with Gasteiger partial charge < -0.3 is 5.11 Å². The van der Waals surface area contributed by atoms with Crippen LogP contribution < -0.4 is 0 Å². The van der Waals surface area contributed by atoms with E-state index in [1.54, 1.807) is 18.2 Å². The quantitative estimate of drug-likeness (QED) is 0.845. The van der Waals surface area contributed by atoms with Gasteiger partial charge in [-0.3, -0.25) is 4.79 Å². The third-order valence-corrected chi connectivity index (χ3v) is 1.94. The molecule has 0 aliphatic carbocycles. The summed E-state index contributed by atoms with van der Waals surface area (Å²) in [5.41, 5.74) is 0.770. The average molecular weight is 219 g/mol. The summed E-state index contributed by atoms with van der Waals surface area (Å²) in [4.78, 5) is 10.4. The smallest absolute Gasteiger partial charge is 0.307 e. The zero-order valence-electron chi connectivity index (χ0n) is 8.48. The number of allylic oxidation sites excluding steroid dienone is 1. The second-order valence-corrected chi connectivity index (χ2v) is 3.19. The number of halogens is 1. The SMILES string of the molecule is N#CCC=Cc1ccc(CC(=O)O)c(F)c1. The summed E-state index contributed by atoms with van der Waals surface area (Å²) in [6.45, 7) is 0. The first kappa shape index (κ1) is 11.9. The highest BCUT2D eigenvalue weighted by Crippen LogP contribution is 2.12. The molecule has 0 amide bonds. The van der Waals surface area contributed by atoms with E-state index in [0.717, 1.165) is 0 Å². The molecule has 0 fully saturated rings. The van der Waals surface area contributed by atoms with E-state index in [0.29, 0.717) is 5.56 Å². The summed E-state index contributed by atoms with van der Waals surface area (Å²) in [6, 6.07) is 6.25. The van der Waals surface area contributed by atoms with Crippen molar-refractivity contribution in [3.63, 3.8) is 0 Å². The lowest BCUT2D eigenvalue weighted by molar-refractivity contribution is -0.136. The fourth-order valence-corrected chi connectivity index (χ4v) is 1.22. The molecule has 0 unspecified atom stereocenters. The molecule has 82 valence electrons. The Morgan fingerprint density at radius 3 is 2.88 bits per heavy atom. The van der Waals surface area contributed by atoms with Crippen molar-refractivity contribution in [3.05, 3.63) is 41.2 Å². The van der Waals surface area contributed by atoms with Gasteiger partial charge in [-0.2, -0.15) is 5.26 Å². The Morgan fingerprint density at radius 1 is 1.56 bits per heavy atom. The maximum atomic E-state index is 13.4. The molecule has 3 nitrogen and oxygen atoms in total. The van der Waals surface area contributed by atoms with Crippen molar-refractivity contribution in [2.24, 2.45) is 0 Å². The van der Waals surface area contributed by atoms with Crippen molar-refractivity contribution in [1.29, 1.82) is 5.26 Å². The molecule has 1 N–H and O–H groups in total. The largest absolute Gasteiger partial charge is 0.481 e. The van der Waals surface area contributed by atoms with Crippen LogP contribution >= 0.6 is 0 Å². The number of nitriles is 1. The first-order valence-corrected chi connectivity index (χ1v) is 4.67. The van der Waals surface area contributed by atoms with Crippen molar-refractivity contribution in [3.8, 4) is 6.07 Å². The molecule has 1 aromatic carbocycles. The van der Waals surface area contributed by atoms with E-state index in [1.165, 1.54) is 12.1 Å². The van der Waals surface area contributed by atoms with Gasteiger partial charge in [-0.05, 0) is 17.2 Å². The normalized spacial score (nSPS) is 10.2. The molecule has 0 aliphatic rings. The fraction of sp³-hybridized carbons (Fsp3) is 0.167. The standard InChI is InChI=1S/C12H10FNO2/c13-11-7-9(3-1-2-6-14)4-5-10(11)8-12(15)16/h1,3-5,7H,2,8H2,(H,15,16). The number of carbonyl (C=O) groups is 1. The Labute approximate surface area is 92.4 Å². The molecule has 0 radical (unpaired) electrons. The maximum absolute atomic E-state index is 13.4. The van der Waals surface area contributed by atoms with E-state index >= 15 is 0 Å². The van der Waals surface area contributed by atoms with Gasteiger partial charge in [0.2, 0.25) is 0 Å². The number of hydrogen-bond donors (Lipinski definition) is 1. The highest BCUT2D eigenvalue weighted by molar-refractivity contribution is 5.70. The number of carboxylic acid groups (broad SMARTS) is 1. The zero-order valence-corrected chi connectivity index (χ0v) is 8.48. The van der Waals surface area contributed by atoms with Gasteiger partial charge in [0.15, 0.2) is 0 Å². The van der Waals surface area contributed by atoms with Crippen LogP contribution in [0.25, 0.3) is 6.08 Å². The van der Waals surface area contributed by atoms with Gasteiger partial charge >= 0.3 is 5.97 Å². The summed E-state index contributed by atoms with van der Waals surface area (Å²) in [5.74, 6) is -1.60. The van der Waals surface area contributed by atoms with Crippen molar-refractivity contribution >= 4 is 12.0 Å². The topological polar surface area (TPSA) is 61.1 Å². The fourth-order valence-electron chi connectivity index (χ4n) is 1.22.